The molecule has 74 heavy (non-hydrogen) atoms. The molecule has 13 aromatic rings. The lowest BCUT2D eigenvalue weighted by molar-refractivity contribution is 0.478. The van der Waals surface area contributed by atoms with Gasteiger partial charge in [-0.05, 0) is 143 Å². The lowest BCUT2D eigenvalue weighted by Gasteiger charge is -2.31. The highest BCUT2D eigenvalue weighted by molar-refractivity contribution is 6.28. The number of furan rings is 1. The topological polar surface area (TPSA) is 39.9 Å². The first-order chi connectivity index (χ1) is 36.2. The van der Waals surface area contributed by atoms with Crippen molar-refractivity contribution in [2.45, 2.75) is 41.2 Å². The van der Waals surface area contributed by atoms with E-state index in [9.17, 15) is 5.11 Å². The first-order valence-corrected chi connectivity index (χ1v) is 25.6. The second-order valence-corrected chi connectivity index (χ2v) is 20.1. The molecule has 0 saturated carbocycles. The van der Waals surface area contributed by atoms with Gasteiger partial charge >= 0.3 is 0 Å². The maximum atomic E-state index is 12.8. The normalized spacial score (nSPS) is 11.7. The van der Waals surface area contributed by atoms with Crippen molar-refractivity contribution in [1.29, 1.82) is 0 Å². The molecule has 12 aromatic carbocycles. The Bertz CT molecular complexity index is 4320. The molecule has 0 radical (unpaired) electrons. The van der Waals surface area contributed by atoms with Gasteiger partial charge in [0.1, 0.15) is 11.3 Å². The Morgan fingerprint density at radius 1 is 0.365 bits per heavy atom. The molecule has 0 aliphatic heterocycles. The zero-order chi connectivity index (χ0) is 50.2. The minimum atomic E-state index is 0.223. The molecule has 0 amide bonds. The van der Waals surface area contributed by atoms with Crippen LogP contribution in [-0.2, 0) is 6.54 Å². The Hall–Kier alpha value is -9.12. The van der Waals surface area contributed by atoms with Gasteiger partial charge in [0.25, 0.3) is 0 Å². The Labute approximate surface area is 432 Å². The fourth-order valence-corrected chi connectivity index (χ4v) is 11.5. The Balaban J connectivity index is 1.03. The zero-order valence-electron chi connectivity index (χ0n) is 42.2. The number of fused-ring (bicyclic) bond motifs is 3. The molecule has 4 heteroatoms. The Morgan fingerprint density at radius 2 is 0.932 bits per heavy atom. The first kappa shape index (κ1) is 44.8. The average Bonchev–Trinajstić information content (AvgIpc) is 3.84. The maximum Gasteiger partial charge on any atom is 0.159 e. The molecule has 0 aliphatic carbocycles. The number of anilines is 5. The minimum absolute atomic E-state index is 0.223. The van der Waals surface area contributed by atoms with Crippen molar-refractivity contribution in [3.8, 4) is 39.1 Å². The molecule has 1 N–H and O–H groups in total. The van der Waals surface area contributed by atoms with E-state index in [-0.39, 0.29) is 5.75 Å². The van der Waals surface area contributed by atoms with E-state index in [4.69, 9.17) is 4.42 Å². The van der Waals surface area contributed by atoms with Gasteiger partial charge in [-0.15, -0.1) is 0 Å². The van der Waals surface area contributed by atoms with Gasteiger partial charge in [0.15, 0.2) is 5.58 Å². The number of hydrogen-bond donors (Lipinski definition) is 1. The number of nitrogens with zero attached hydrogens (tertiary/aromatic N) is 2. The quantitative estimate of drug-likeness (QED) is 0.139. The monoisotopic (exact) mass is 954 g/mol. The summed E-state index contributed by atoms with van der Waals surface area (Å²) in [6.45, 7) is 11.5. The van der Waals surface area contributed by atoms with Crippen molar-refractivity contribution in [2.24, 2.45) is 0 Å². The van der Waals surface area contributed by atoms with Gasteiger partial charge in [-0.1, -0.05) is 188 Å². The maximum absolute atomic E-state index is 12.8. The van der Waals surface area contributed by atoms with Crippen molar-refractivity contribution in [2.75, 3.05) is 9.80 Å². The number of phenolic OH excluding ortho intramolecular Hbond substituents is 1. The van der Waals surface area contributed by atoms with Crippen LogP contribution in [0, 0.1) is 34.6 Å². The molecule has 0 bridgehead atoms. The largest absolute Gasteiger partial charge is 0.505 e. The number of para-hydroxylation sites is 3. The van der Waals surface area contributed by atoms with Gasteiger partial charge in [-0.25, -0.2) is 0 Å². The molecule has 1 aromatic heterocycles. The van der Waals surface area contributed by atoms with Gasteiger partial charge in [0.05, 0.1) is 17.1 Å². The summed E-state index contributed by atoms with van der Waals surface area (Å²) in [4.78, 5) is 4.75. The predicted octanol–water partition coefficient (Wildman–Crippen LogP) is 19.5. The summed E-state index contributed by atoms with van der Waals surface area (Å²) in [5.41, 5.74) is 19.9. The van der Waals surface area contributed by atoms with E-state index in [0.717, 1.165) is 105 Å². The number of rotatable bonds is 10. The van der Waals surface area contributed by atoms with E-state index in [0.29, 0.717) is 12.2 Å². The van der Waals surface area contributed by atoms with Crippen molar-refractivity contribution in [3.63, 3.8) is 0 Å². The van der Waals surface area contributed by atoms with Crippen molar-refractivity contribution in [1.82, 2.24) is 0 Å². The molecule has 0 spiro atoms. The Morgan fingerprint density at radius 3 is 1.70 bits per heavy atom. The standard InChI is InChI=1S/C70H54N2O2/c1-43-27-29-45(3)53(39-43)42-71(64-26-14-24-58-57-23-12-22-56(69(57)74-70(58)64)48-16-7-6-8-17-48)61-37-33-49-32-36-60-62(38-34-50-31-35-59(61)66(49)67(50)60)72(65-40-44(2)28-30-47(65)5)63-25-13-21-55(68(63)73)52-19-11-18-51(41-52)54-20-10-9-15-46(54)4/h6-41,73H,42H2,1-5H3. The van der Waals surface area contributed by atoms with Gasteiger partial charge in [-0.3, -0.25) is 0 Å². The molecule has 0 unspecified atom stereocenters. The number of benzene rings is 12. The second-order valence-electron chi connectivity index (χ2n) is 20.1. The number of hydrogen-bond acceptors (Lipinski definition) is 4. The minimum Gasteiger partial charge on any atom is -0.505 e. The summed E-state index contributed by atoms with van der Waals surface area (Å²) in [5, 5.41) is 21.9. The van der Waals surface area contributed by atoms with Crippen LogP contribution in [0.15, 0.2) is 223 Å². The summed E-state index contributed by atoms with van der Waals surface area (Å²) in [5.74, 6) is 0.223. The molecule has 0 aliphatic rings. The van der Waals surface area contributed by atoms with Crippen LogP contribution >= 0.6 is 0 Å². The molecule has 356 valence electrons. The number of aryl methyl sites for hydroxylation is 5. The first-order valence-electron chi connectivity index (χ1n) is 25.6. The van der Waals surface area contributed by atoms with Gasteiger partial charge in [-0.2, -0.15) is 0 Å². The molecular weight excluding hydrogens is 901 g/mol. The smallest absolute Gasteiger partial charge is 0.159 e. The predicted molar refractivity (Wildman–Crippen MR) is 312 cm³/mol. The Kier molecular flexibility index (Phi) is 10.8. The molecule has 1 heterocycles. The van der Waals surface area contributed by atoms with Crippen LogP contribution in [0.1, 0.15) is 33.4 Å². The van der Waals surface area contributed by atoms with Crippen LogP contribution in [0.3, 0.4) is 0 Å². The molecule has 0 atom stereocenters. The third-order valence-corrected chi connectivity index (χ3v) is 15.4. The van der Waals surface area contributed by atoms with Crippen LogP contribution in [0.5, 0.6) is 5.75 Å². The van der Waals surface area contributed by atoms with Gasteiger partial charge in [0, 0.05) is 50.6 Å². The van der Waals surface area contributed by atoms with Crippen LogP contribution in [-0.4, -0.2) is 5.11 Å². The summed E-state index contributed by atoms with van der Waals surface area (Å²) in [6, 6.07) is 78.3. The van der Waals surface area contributed by atoms with Crippen molar-refractivity contribution < 1.29 is 9.52 Å². The number of phenols is 1. The van der Waals surface area contributed by atoms with Gasteiger partial charge in [0.2, 0.25) is 0 Å². The second kappa shape index (κ2) is 17.9. The molecular formula is C70H54N2O2. The van der Waals surface area contributed by atoms with E-state index in [1.165, 1.54) is 38.6 Å². The van der Waals surface area contributed by atoms with E-state index in [2.05, 4.69) is 257 Å². The van der Waals surface area contributed by atoms with Crippen molar-refractivity contribution in [3.05, 3.63) is 252 Å². The highest BCUT2D eigenvalue weighted by atomic mass is 16.3. The summed E-state index contributed by atoms with van der Waals surface area (Å²) >= 11 is 0. The third-order valence-electron chi connectivity index (χ3n) is 15.4. The van der Waals surface area contributed by atoms with E-state index >= 15 is 0 Å². The molecule has 0 saturated heterocycles. The van der Waals surface area contributed by atoms with Crippen LogP contribution in [0.2, 0.25) is 0 Å². The van der Waals surface area contributed by atoms with Gasteiger partial charge < -0.3 is 19.3 Å². The summed E-state index contributed by atoms with van der Waals surface area (Å²) < 4.78 is 7.14. The lowest BCUT2D eigenvalue weighted by atomic mass is 9.91. The van der Waals surface area contributed by atoms with Crippen LogP contribution in [0.4, 0.5) is 28.4 Å². The van der Waals surface area contributed by atoms with Crippen molar-refractivity contribution >= 4 is 82.7 Å². The fourth-order valence-electron chi connectivity index (χ4n) is 11.5. The summed E-state index contributed by atoms with van der Waals surface area (Å²) in [7, 11) is 0. The average molecular weight is 955 g/mol. The van der Waals surface area contributed by atoms with Crippen LogP contribution in [0.25, 0.3) is 87.6 Å². The SMILES string of the molecule is Cc1ccc(C)c(CN(c2ccc3ccc4c(N(c5cc(C)ccc5C)c5cccc(-c6cccc(-c7ccccc7C)c6)c5O)ccc5ccc2c3c54)c2cccc3c2oc2c(-c4ccccc4)cccc23)c1. The van der Waals surface area contributed by atoms with E-state index in [1.807, 2.05) is 6.07 Å². The highest BCUT2D eigenvalue weighted by Crippen LogP contribution is 2.51. The van der Waals surface area contributed by atoms with E-state index in [1.54, 1.807) is 0 Å². The number of aromatic hydroxyl groups is 1. The molecule has 13 rings (SSSR count). The highest BCUT2D eigenvalue weighted by Gasteiger charge is 2.26. The fraction of sp³-hybridized carbons (Fsp3) is 0.0857. The summed E-state index contributed by atoms with van der Waals surface area (Å²) in [6.07, 6.45) is 0. The molecule has 4 nitrogen and oxygen atoms in total. The lowest BCUT2D eigenvalue weighted by Crippen LogP contribution is -2.18. The molecule has 0 fully saturated rings. The third kappa shape index (κ3) is 7.44. The van der Waals surface area contributed by atoms with Crippen LogP contribution < -0.4 is 9.80 Å². The van der Waals surface area contributed by atoms with E-state index < -0.39 is 0 Å². The zero-order valence-corrected chi connectivity index (χ0v) is 42.2.